The van der Waals surface area contributed by atoms with E-state index in [2.05, 4.69) is 108 Å². The van der Waals surface area contributed by atoms with E-state index in [9.17, 15) is 0 Å². The molecule has 0 N–H and O–H groups in total. The average molecular weight is 395 g/mol. The minimum Gasteiger partial charge on any atom is -0.248 e. The summed E-state index contributed by atoms with van der Waals surface area (Å²) in [7, 11) is 0. The first-order valence-corrected chi connectivity index (χ1v) is 10.9. The van der Waals surface area contributed by atoms with Gasteiger partial charge in [0.05, 0.1) is 27.8 Å². The molecule has 0 aliphatic heterocycles. The molecule has 30 heavy (non-hydrogen) atoms. The molecule has 0 radical (unpaired) electrons. The molecule has 0 unspecified atom stereocenters. The molecule has 2 atom stereocenters. The predicted octanol–water partition coefficient (Wildman–Crippen LogP) is 7.08. The van der Waals surface area contributed by atoms with Gasteiger partial charge in [-0.15, -0.1) is 0 Å². The summed E-state index contributed by atoms with van der Waals surface area (Å²) >= 11 is 0. The second-order valence-electron chi connectivity index (χ2n) is 10.8. The van der Waals surface area contributed by atoms with Crippen LogP contribution in [0.3, 0.4) is 0 Å². The lowest BCUT2D eigenvalue weighted by atomic mass is 9.51. The summed E-state index contributed by atoms with van der Waals surface area (Å²) in [6, 6.07) is 19.1. The Morgan fingerprint density at radius 3 is 1.93 bits per heavy atom. The van der Waals surface area contributed by atoms with Crippen LogP contribution in [-0.2, 0) is 5.41 Å². The molecule has 6 rings (SSSR count). The third-order valence-electron chi connectivity index (χ3n) is 6.87. The number of allylic oxidation sites excluding steroid dienone is 4. The van der Waals surface area contributed by atoms with E-state index in [-0.39, 0.29) is 22.2 Å². The van der Waals surface area contributed by atoms with E-state index in [1.54, 1.807) is 0 Å². The van der Waals surface area contributed by atoms with Crippen molar-refractivity contribution in [3.8, 4) is 0 Å². The molecule has 3 aromatic rings. The van der Waals surface area contributed by atoms with Crippen molar-refractivity contribution in [1.82, 2.24) is 9.97 Å². The quantitative estimate of drug-likeness (QED) is 0.412. The maximum Gasteiger partial charge on any atom is 0.0890 e. The zero-order valence-corrected chi connectivity index (χ0v) is 18.8. The molecular weight excluding hydrogens is 364 g/mol. The van der Waals surface area contributed by atoms with Gasteiger partial charge in [-0.2, -0.15) is 0 Å². The van der Waals surface area contributed by atoms with Crippen LogP contribution in [0.25, 0.3) is 16.6 Å². The van der Waals surface area contributed by atoms with E-state index in [4.69, 9.17) is 9.97 Å². The van der Waals surface area contributed by atoms with Crippen molar-refractivity contribution < 1.29 is 0 Å². The maximum atomic E-state index is 5.25. The van der Waals surface area contributed by atoms with Gasteiger partial charge in [0.25, 0.3) is 0 Å². The highest BCUT2D eigenvalue weighted by Crippen LogP contribution is 2.61. The smallest absolute Gasteiger partial charge is 0.0890 e. The standard InChI is InChI=1S/C28H30N2/c1-26(2,3)20-17-28(27(4,5)6)16-19(18-12-8-7-9-13-18)23(20)24-25(28)30-22-15-11-10-14-21(22)29-24/h7-17,23H,1-6H3/t23-,28-/m1/s1. The van der Waals surface area contributed by atoms with Gasteiger partial charge in [0, 0.05) is 5.92 Å². The van der Waals surface area contributed by atoms with Crippen molar-refractivity contribution in [3.63, 3.8) is 0 Å². The first kappa shape index (κ1) is 19.2. The molecule has 0 amide bonds. The van der Waals surface area contributed by atoms with Crippen molar-refractivity contribution in [2.75, 3.05) is 0 Å². The van der Waals surface area contributed by atoms with Gasteiger partial charge in [-0.1, -0.05) is 102 Å². The fourth-order valence-electron chi connectivity index (χ4n) is 5.14. The fourth-order valence-corrected chi connectivity index (χ4v) is 5.14. The lowest BCUT2D eigenvalue weighted by molar-refractivity contribution is 0.265. The van der Waals surface area contributed by atoms with E-state index in [0.29, 0.717) is 0 Å². The topological polar surface area (TPSA) is 25.8 Å². The molecule has 2 bridgehead atoms. The van der Waals surface area contributed by atoms with E-state index < -0.39 is 0 Å². The first-order valence-electron chi connectivity index (χ1n) is 10.9. The summed E-state index contributed by atoms with van der Waals surface area (Å²) in [5, 5.41) is 0. The van der Waals surface area contributed by atoms with Crippen LogP contribution in [0.15, 0.2) is 72.3 Å². The Morgan fingerprint density at radius 1 is 0.733 bits per heavy atom. The third kappa shape index (κ3) is 2.62. The third-order valence-corrected chi connectivity index (χ3v) is 6.87. The minimum atomic E-state index is -0.290. The zero-order chi connectivity index (χ0) is 21.3. The van der Waals surface area contributed by atoms with Gasteiger partial charge in [0.15, 0.2) is 0 Å². The number of para-hydroxylation sites is 2. The van der Waals surface area contributed by atoms with Crippen LogP contribution in [0.1, 0.15) is 64.4 Å². The largest absolute Gasteiger partial charge is 0.248 e. The van der Waals surface area contributed by atoms with Gasteiger partial charge < -0.3 is 0 Å². The summed E-state index contributed by atoms with van der Waals surface area (Å²) in [5.74, 6) is 0.142. The molecule has 2 nitrogen and oxygen atoms in total. The van der Waals surface area contributed by atoms with Gasteiger partial charge in [-0.05, 0) is 34.1 Å². The molecule has 0 spiro atoms. The minimum absolute atomic E-state index is 0.0409. The Balaban J connectivity index is 1.90. The van der Waals surface area contributed by atoms with Gasteiger partial charge in [-0.25, -0.2) is 9.97 Å². The highest BCUT2D eigenvalue weighted by Gasteiger charge is 2.54. The van der Waals surface area contributed by atoms with Crippen molar-refractivity contribution in [2.45, 2.75) is 52.9 Å². The number of rotatable bonds is 1. The number of aromatic nitrogens is 2. The SMILES string of the molecule is CC(C)(C)C1=C[C@]2(C(C)(C)C)C=C(c3ccccc3)[C@H]1c1nc3ccccc3nc12. The van der Waals surface area contributed by atoms with Crippen molar-refractivity contribution >= 4 is 16.6 Å². The molecule has 0 saturated heterocycles. The molecule has 3 aliphatic carbocycles. The summed E-state index contributed by atoms with van der Waals surface area (Å²) in [6.07, 6.45) is 5.02. The van der Waals surface area contributed by atoms with Crippen molar-refractivity contribution in [1.29, 1.82) is 0 Å². The summed E-state index contributed by atoms with van der Waals surface area (Å²) in [6.45, 7) is 14.0. The highest BCUT2D eigenvalue weighted by atomic mass is 14.9. The Morgan fingerprint density at radius 2 is 1.33 bits per heavy atom. The maximum absolute atomic E-state index is 5.25. The predicted molar refractivity (Wildman–Crippen MR) is 125 cm³/mol. The number of fused-ring (bicyclic) bond motifs is 1. The lowest BCUT2D eigenvalue weighted by Crippen LogP contribution is -2.46. The second-order valence-corrected chi connectivity index (χ2v) is 10.8. The van der Waals surface area contributed by atoms with Gasteiger partial charge in [0.1, 0.15) is 0 Å². The number of nitrogens with zero attached hydrogens (tertiary/aromatic N) is 2. The lowest BCUT2D eigenvalue weighted by Gasteiger charge is -2.52. The molecule has 1 heterocycles. The number of hydrogen-bond acceptors (Lipinski definition) is 2. The van der Waals surface area contributed by atoms with Gasteiger partial charge in [0.2, 0.25) is 0 Å². The molecule has 2 heteroatoms. The molecular formula is C28H30N2. The Hall–Kier alpha value is -2.74. The molecule has 0 fully saturated rings. The Kier molecular flexibility index (Phi) is 3.93. The highest BCUT2D eigenvalue weighted by molar-refractivity contribution is 5.85. The normalized spacial score (nSPS) is 23.2. The zero-order valence-electron chi connectivity index (χ0n) is 18.8. The fraction of sp³-hybridized carbons (Fsp3) is 0.357. The summed E-state index contributed by atoms with van der Waals surface area (Å²) < 4.78 is 0. The van der Waals surface area contributed by atoms with Crippen LogP contribution in [0.4, 0.5) is 0 Å². The van der Waals surface area contributed by atoms with Crippen LogP contribution in [-0.4, -0.2) is 9.97 Å². The van der Waals surface area contributed by atoms with Crippen LogP contribution in [0.2, 0.25) is 0 Å². The van der Waals surface area contributed by atoms with E-state index >= 15 is 0 Å². The van der Waals surface area contributed by atoms with E-state index in [1.807, 2.05) is 0 Å². The van der Waals surface area contributed by atoms with E-state index in [1.165, 1.54) is 16.7 Å². The summed E-state index contributed by atoms with van der Waals surface area (Å²) in [5.41, 5.74) is 8.05. The van der Waals surface area contributed by atoms with Crippen LogP contribution in [0.5, 0.6) is 0 Å². The monoisotopic (exact) mass is 394 g/mol. The van der Waals surface area contributed by atoms with Gasteiger partial charge >= 0.3 is 0 Å². The van der Waals surface area contributed by atoms with Crippen LogP contribution >= 0.6 is 0 Å². The van der Waals surface area contributed by atoms with Crippen LogP contribution < -0.4 is 0 Å². The summed E-state index contributed by atoms with van der Waals surface area (Å²) in [4.78, 5) is 10.5. The molecule has 0 saturated carbocycles. The second kappa shape index (κ2) is 6.14. The number of benzene rings is 2. The van der Waals surface area contributed by atoms with Crippen LogP contribution in [0, 0.1) is 10.8 Å². The molecule has 152 valence electrons. The molecule has 2 aromatic carbocycles. The van der Waals surface area contributed by atoms with Crippen molar-refractivity contribution in [3.05, 3.63) is 89.3 Å². The van der Waals surface area contributed by atoms with Crippen molar-refractivity contribution in [2.24, 2.45) is 10.8 Å². The van der Waals surface area contributed by atoms with Gasteiger partial charge in [-0.3, -0.25) is 0 Å². The molecule has 3 aliphatic rings. The van der Waals surface area contributed by atoms with E-state index in [0.717, 1.165) is 22.4 Å². The molecule has 1 aromatic heterocycles. The average Bonchev–Trinajstić information content (AvgIpc) is 2.71. The Bertz CT molecular complexity index is 1200. The number of hydrogen-bond donors (Lipinski definition) is 0. The Labute approximate surface area is 179 Å². The first-order chi connectivity index (χ1) is 14.1.